The number of nitrogens with zero attached hydrogens (tertiary/aromatic N) is 1. The van der Waals surface area contributed by atoms with Crippen LogP contribution in [-0.2, 0) is 14.8 Å². The van der Waals surface area contributed by atoms with Crippen LogP contribution in [0.15, 0.2) is 53.4 Å². The first-order valence-electron chi connectivity index (χ1n) is 9.91. The van der Waals surface area contributed by atoms with Gasteiger partial charge in [0, 0.05) is 24.8 Å². The third-order valence-electron chi connectivity index (χ3n) is 5.35. The average molecular weight is 442 g/mol. The van der Waals surface area contributed by atoms with Crippen molar-refractivity contribution in [2.24, 2.45) is 0 Å². The van der Waals surface area contributed by atoms with Crippen molar-refractivity contribution in [3.05, 3.63) is 59.7 Å². The predicted octanol–water partition coefficient (Wildman–Crippen LogP) is 0.952. The smallest absolute Gasteiger partial charge is 0.258 e. The molecule has 0 bridgehead atoms. The molecule has 3 N–H and O–H groups in total. The maximum absolute atomic E-state index is 12.7. The van der Waals surface area contributed by atoms with Crippen molar-refractivity contribution < 1.29 is 22.8 Å². The summed E-state index contributed by atoms with van der Waals surface area (Å²) in [5.74, 6) is -1.24. The number of benzene rings is 2. The summed E-state index contributed by atoms with van der Waals surface area (Å²) < 4.78 is 28.2. The molecule has 2 aromatic rings. The largest absolute Gasteiger partial charge is 0.325 e. The highest BCUT2D eigenvalue weighted by atomic mass is 32.2. The number of hydrogen-bond donors (Lipinski definition) is 3. The molecule has 0 unspecified atom stereocenters. The van der Waals surface area contributed by atoms with Crippen LogP contribution < -0.4 is 15.4 Å². The summed E-state index contributed by atoms with van der Waals surface area (Å²) in [5, 5.41) is 4.99. The number of amides is 3. The van der Waals surface area contributed by atoms with Gasteiger partial charge in [-0.25, -0.2) is 13.1 Å². The number of piperidine rings is 1. The van der Waals surface area contributed by atoms with E-state index in [4.69, 9.17) is 0 Å². The molecule has 2 aliphatic rings. The lowest BCUT2D eigenvalue weighted by molar-refractivity contribution is -0.117. The molecule has 3 amide bonds. The highest BCUT2D eigenvalue weighted by Gasteiger charge is 2.30. The van der Waals surface area contributed by atoms with Gasteiger partial charge in [-0.3, -0.25) is 24.6 Å². The van der Waals surface area contributed by atoms with Crippen molar-refractivity contribution in [3.63, 3.8) is 0 Å². The fourth-order valence-corrected chi connectivity index (χ4v) is 5.07. The number of imide groups is 1. The Labute approximate surface area is 179 Å². The van der Waals surface area contributed by atoms with Crippen LogP contribution in [0.3, 0.4) is 0 Å². The number of nitrogens with one attached hydrogen (secondary N) is 3. The Morgan fingerprint density at radius 3 is 2.39 bits per heavy atom. The predicted molar refractivity (Wildman–Crippen MR) is 113 cm³/mol. The van der Waals surface area contributed by atoms with E-state index in [-0.39, 0.29) is 34.5 Å². The van der Waals surface area contributed by atoms with Gasteiger partial charge in [-0.1, -0.05) is 18.2 Å². The van der Waals surface area contributed by atoms with E-state index < -0.39 is 21.8 Å². The zero-order valence-corrected chi connectivity index (χ0v) is 17.4. The maximum atomic E-state index is 12.7. The van der Waals surface area contributed by atoms with Crippen LogP contribution in [-0.4, -0.2) is 56.7 Å². The SMILES string of the molecule is O=C(CN1CCC(NS(=O)(=O)c2ccc3c(c2)C(=O)NC3=O)CC1)Nc1ccccc1. The first-order valence-corrected chi connectivity index (χ1v) is 11.4. The molecule has 0 radical (unpaired) electrons. The number of likely N-dealkylation sites (tertiary alicyclic amines) is 1. The average Bonchev–Trinajstić information content (AvgIpc) is 3.03. The molecule has 2 aromatic carbocycles. The Balaban J connectivity index is 1.31. The molecule has 162 valence electrons. The van der Waals surface area contributed by atoms with E-state index in [1.54, 1.807) is 0 Å². The number of para-hydroxylation sites is 1. The zero-order valence-electron chi connectivity index (χ0n) is 16.6. The quantitative estimate of drug-likeness (QED) is 0.572. The van der Waals surface area contributed by atoms with E-state index in [1.807, 2.05) is 35.2 Å². The number of anilines is 1. The molecule has 1 saturated heterocycles. The minimum absolute atomic E-state index is 0.0548. The summed E-state index contributed by atoms with van der Waals surface area (Å²) in [6, 6.07) is 12.8. The van der Waals surface area contributed by atoms with E-state index in [0.29, 0.717) is 25.9 Å². The molecule has 2 aliphatic heterocycles. The minimum atomic E-state index is -3.84. The van der Waals surface area contributed by atoms with Gasteiger partial charge >= 0.3 is 0 Å². The van der Waals surface area contributed by atoms with Gasteiger partial charge in [0.15, 0.2) is 0 Å². The molecular weight excluding hydrogens is 420 g/mol. The number of carbonyl (C=O) groups excluding carboxylic acids is 3. The molecule has 0 atom stereocenters. The molecule has 0 saturated carbocycles. The molecule has 31 heavy (non-hydrogen) atoms. The second-order valence-electron chi connectivity index (χ2n) is 7.58. The Kier molecular flexibility index (Phi) is 5.86. The van der Waals surface area contributed by atoms with Crippen molar-refractivity contribution in [1.82, 2.24) is 14.9 Å². The molecule has 10 heteroatoms. The highest BCUT2D eigenvalue weighted by Crippen LogP contribution is 2.21. The Hall–Kier alpha value is -3.08. The van der Waals surface area contributed by atoms with Crippen LogP contribution in [0, 0.1) is 0 Å². The standard InChI is InChI=1S/C21H22N4O5S/c26-19(22-14-4-2-1-3-5-14)13-25-10-8-15(9-11-25)24-31(29,30)16-6-7-17-18(12-16)21(28)23-20(17)27/h1-7,12,15,24H,8-11,13H2,(H,22,26)(H,23,27,28). The van der Waals surface area contributed by atoms with Crippen molar-refractivity contribution in [1.29, 1.82) is 0 Å². The van der Waals surface area contributed by atoms with Crippen LogP contribution in [0.5, 0.6) is 0 Å². The first-order chi connectivity index (χ1) is 14.8. The topological polar surface area (TPSA) is 125 Å². The summed E-state index contributed by atoms with van der Waals surface area (Å²) in [4.78, 5) is 37.6. The summed E-state index contributed by atoms with van der Waals surface area (Å²) in [6.07, 6.45) is 1.11. The molecule has 2 heterocycles. The molecule has 0 aromatic heterocycles. The van der Waals surface area contributed by atoms with E-state index in [0.717, 1.165) is 5.69 Å². The van der Waals surface area contributed by atoms with Gasteiger partial charge in [0.05, 0.1) is 22.6 Å². The number of fused-ring (bicyclic) bond motifs is 1. The van der Waals surface area contributed by atoms with Gasteiger partial charge in [-0.05, 0) is 43.2 Å². The summed E-state index contributed by atoms with van der Waals surface area (Å²) in [5.41, 5.74) is 0.970. The van der Waals surface area contributed by atoms with Gasteiger partial charge in [0.1, 0.15) is 0 Å². The van der Waals surface area contributed by atoms with Gasteiger partial charge in [0.25, 0.3) is 11.8 Å². The van der Waals surface area contributed by atoms with Crippen LogP contribution in [0.1, 0.15) is 33.6 Å². The summed E-state index contributed by atoms with van der Waals surface area (Å²) >= 11 is 0. The van der Waals surface area contributed by atoms with Crippen molar-refractivity contribution in [2.45, 2.75) is 23.8 Å². The minimum Gasteiger partial charge on any atom is -0.325 e. The maximum Gasteiger partial charge on any atom is 0.258 e. The number of hydrogen-bond acceptors (Lipinski definition) is 6. The number of rotatable bonds is 6. The molecule has 1 fully saturated rings. The fraction of sp³-hybridized carbons (Fsp3) is 0.286. The van der Waals surface area contributed by atoms with Gasteiger partial charge in [-0.2, -0.15) is 0 Å². The van der Waals surface area contributed by atoms with Crippen molar-refractivity contribution >= 4 is 33.4 Å². The lowest BCUT2D eigenvalue weighted by Gasteiger charge is -2.31. The lowest BCUT2D eigenvalue weighted by atomic mass is 10.1. The second kappa shape index (κ2) is 8.58. The Bertz CT molecular complexity index is 1130. The summed E-state index contributed by atoms with van der Waals surface area (Å²) in [6.45, 7) is 1.40. The molecule has 0 spiro atoms. The Morgan fingerprint density at radius 2 is 1.68 bits per heavy atom. The van der Waals surface area contributed by atoms with E-state index in [2.05, 4.69) is 15.4 Å². The van der Waals surface area contributed by atoms with Gasteiger partial charge < -0.3 is 5.32 Å². The monoisotopic (exact) mass is 442 g/mol. The van der Waals surface area contributed by atoms with E-state index in [9.17, 15) is 22.8 Å². The van der Waals surface area contributed by atoms with Crippen LogP contribution in [0.2, 0.25) is 0 Å². The number of carbonyl (C=O) groups is 3. The van der Waals surface area contributed by atoms with E-state index in [1.165, 1.54) is 18.2 Å². The first kappa shape index (κ1) is 21.2. The van der Waals surface area contributed by atoms with Crippen molar-refractivity contribution in [3.8, 4) is 0 Å². The molecular formula is C21H22N4O5S. The van der Waals surface area contributed by atoms with Gasteiger partial charge in [0.2, 0.25) is 15.9 Å². The summed E-state index contributed by atoms with van der Waals surface area (Å²) in [7, 11) is -3.84. The molecule has 9 nitrogen and oxygen atoms in total. The van der Waals surface area contributed by atoms with Crippen LogP contribution in [0.25, 0.3) is 0 Å². The third-order valence-corrected chi connectivity index (χ3v) is 6.87. The second-order valence-corrected chi connectivity index (χ2v) is 9.29. The van der Waals surface area contributed by atoms with Gasteiger partial charge in [-0.15, -0.1) is 0 Å². The highest BCUT2D eigenvalue weighted by molar-refractivity contribution is 7.89. The third kappa shape index (κ3) is 4.82. The Morgan fingerprint density at radius 1 is 1.00 bits per heavy atom. The lowest BCUT2D eigenvalue weighted by Crippen LogP contribution is -2.46. The van der Waals surface area contributed by atoms with Crippen LogP contribution in [0.4, 0.5) is 5.69 Å². The number of sulfonamides is 1. The van der Waals surface area contributed by atoms with Crippen molar-refractivity contribution in [2.75, 3.05) is 25.0 Å². The fourth-order valence-electron chi connectivity index (χ4n) is 3.74. The normalized spacial score (nSPS) is 17.3. The molecule has 4 rings (SSSR count). The zero-order chi connectivity index (χ0) is 22.0. The molecule has 0 aliphatic carbocycles. The van der Waals surface area contributed by atoms with Crippen LogP contribution >= 0.6 is 0 Å². The van der Waals surface area contributed by atoms with E-state index >= 15 is 0 Å².